The Kier molecular flexibility index (Phi) is 13.5. The van der Waals surface area contributed by atoms with Crippen molar-refractivity contribution in [2.75, 3.05) is 13.2 Å². The highest BCUT2D eigenvalue weighted by atomic mass is 19.4. The summed E-state index contributed by atoms with van der Waals surface area (Å²) in [6, 6.07) is 0. The average Bonchev–Trinajstić information content (AvgIpc) is 2.76. The normalized spacial score (nSPS) is 16.2. The minimum absolute atomic E-state index is 0.0151. The number of alkyl halides is 13. The number of halogens is 13. The molecule has 0 amide bonds. The summed E-state index contributed by atoms with van der Waals surface area (Å²) in [6.45, 7) is 4.44. The molecule has 224 valence electrons. The van der Waals surface area contributed by atoms with Gasteiger partial charge >= 0.3 is 35.8 Å². The van der Waals surface area contributed by atoms with Gasteiger partial charge in [-0.05, 0) is 25.2 Å². The predicted molar refractivity (Wildman–Crippen MR) is 109 cm³/mol. The van der Waals surface area contributed by atoms with Gasteiger partial charge in [0.15, 0.2) is 0 Å². The molecule has 0 aliphatic heterocycles. The molecule has 37 heavy (non-hydrogen) atoms. The van der Waals surface area contributed by atoms with Crippen molar-refractivity contribution < 1.29 is 66.9 Å². The number of hydrogen-bond donors (Lipinski definition) is 1. The minimum atomic E-state index is -7.86. The molecule has 0 rings (SSSR count). The van der Waals surface area contributed by atoms with Crippen molar-refractivity contribution in [3.8, 4) is 0 Å². The summed E-state index contributed by atoms with van der Waals surface area (Å²) in [4.78, 5) is 0. The first-order chi connectivity index (χ1) is 16.6. The van der Waals surface area contributed by atoms with E-state index in [1.54, 1.807) is 0 Å². The summed E-state index contributed by atoms with van der Waals surface area (Å²) in [5, 5.41) is 9.85. The Balaban J connectivity index is 4.74. The number of ether oxygens (including phenoxy) is 1. The Morgan fingerprint density at radius 2 is 1.11 bits per heavy atom. The second-order valence-electron chi connectivity index (χ2n) is 9.06. The van der Waals surface area contributed by atoms with Crippen molar-refractivity contribution in [3.63, 3.8) is 0 Å². The fraction of sp³-hybridized carbons (Fsp3) is 1.00. The number of aliphatic hydroxyl groups excluding tert-OH is 1. The van der Waals surface area contributed by atoms with E-state index >= 15 is 0 Å². The van der Waals surface area contributed by atoms with Crippen LogP contribution in [0.4, 0.5) is 57.1 Å². The summed E-state index contributed by atoms with van der Waals surface area (Å²) in [5.74, 6) is -36.2. The van der Waals surface area contributed by atoms with E-state index < -0.39 is 54.7 Å². The molecule has 0 aromatic carbocycles. The summed E-state index contributed by atoms with van der Waals surface area (Å²) in [5.41, 5.74) is 0. The zero-order chi connectivity index (χ0) is 29.3. The van der Waals surface area contributed by atoms with Gasteiger partial charge < -0.3 is 9.84 Å². The molecule has 0 aliphatic carbocycles. The number of rotatable bonds is 19. The van der Waals surface area contributed by atoms with Gasteiger partial charge in [-0.15, -0.1) is 0 Å². The SMILES string of the molecule is CCCCC(CC)COCC(O)CCCCCCC(F)(F)C(F)(F)C(F)(F)C(F)(F)C(F)(F)C(F)(F)F. The number of unbranched alkanes of at least 4 members (excludes halogenated alkanes) is 4. The quantitative estimate of drug-likeness (QED) is 0.123. The highest BCUT2D eigenvalue weighted by Crippen LogP contribution is 2.60. The van der Waals surface area contributed by atoms with Gasteiger partial charge in [-0.1, -0.05) is 52.4 Å². The zero-order valence-corrected chi connectivity index (χ0v) is 20.4. The molecule has 2 atom stereocenters. The van der Waals surface area contributed by atoms with Crippen molar-refractivity contribution in [2.45, 2.75) is 120 Å². The molecule has 0 saturated carbocycles. The van der Waals surface area contributed by atoms with Gasteiger partial charge in [0.2, 0.25) is 0 Å². The van der Waals surface area contributed by atoms with E-state index in [9.17, 15) is 62.2 Å². The minimum Gasteiger partial charge on any atom is -0.391 e. The second-order valence-corrected chi connectivity index (χ2v) is 9.06. The fourth-order valence-electron chi connectivity index (χ4n) is 3.39. The average molecular weight is 576 g/mol. The van der Waals surface area contributed by atoms with Crippen LogP contribution >= 0.6 is 0 Å². The van der Waals surface area contributed by atoms with Crippen LogP contribution < -0.4 is 0 Å². The second kappa shape index (κ2) is 13.9. The first kappa shape index (κ1) is 36.0. The third-order valence-corrected chi connectivity index (χ3v) is 5.98. The van der Waals surface area contributed by atoms with Crippen molar-refractivity contribution in [1.29, 1.82) is 0 Å². The molecule has 0 radical (unpaired) electrons. The summed E-state index contributed by atoms with van der Waals surface area (Å²) in [6.07, 6.45) is -7.59. The molecule has 0 saturated heterocycles. The number of aliphatic hydroxyl groups is 1. The lowest BCUT2D eigenvalue weighted by atomic mass is 9.91. The van der Waals surface area contributed by atoms with Crippen LogP contribution in [-0.4, -0.2) is 60.2 Å². The Hall–Kier alpha value is -0.990. The van der Waals surface area contributed by atoms with E-state index in [1.165, 1.54) is 0 Å². The standard InChI is InChI=1S/C22H33F13O2/c1-3-5-10-15(4-2)13-37-14-16(36)11-8-6-7-9-12-17(23,24)18(25,26)19(27,28)20(29,30)21(31,32)22(33,34)35/h15-16,36H,3-14H2,1-2H3. The van der Waals surface area contributed by atoms with E-state index in [-0.39, 0.29) is 32.3 Å². The van der Waals surface area contributed by atoms with E-state index in [4.69, 9.17) is 4.74 Å². The van der Waals surface area contributed by atoms with E-state index in [2.05, 4.69) is 0 Å². The van der Waals surface area contributed by atoms with Crippen LogP contribution in [0.3, 0.4) is 0 Å². The van der Waals surface area contributed by atoms with Gasteiger partial charge in [0.25, 0.3) is 0 Å². The Bertz CT molecular complexity index is 651. The smallest absolute Gasteiger partial charge is 0.391 e. The van der Waals surface area contributed by atoms with Crippen LogP contribution in [0, 0.1) is 5.92 Å². The van der Waals surface area contributed by atoms with Crippen molar-refractivity contribution >= 4 is 0 Å². The Morgan fingerprint density at radius 1 is 0.595 bits per heavy atom. The first-order valence-electron chi connectivity index (χ1n) is 11.9. The predicted octanol–water partition coefficient (Wildman–Crippen LogP) is 8.66. The third-order valence-electron chi connectivity index (χ3n) is 5.98. The monoisotopic (exact) mass is 576 g/mol. The largest absolute Gasteiger partial charge is 0.460 e. The van der Waals surface area contributed by atoms with Crippen LogP contribution in [-0.2, 0) is 4.74 Å². The summed E-state index contributed by atoms with van der Waals surface area (Å²) in [7, 11) is 0. The number of hydrogen-bond acceptors (Lipinski definition) is 2. The Morgan fingerprint density at radius 3 is 1.59 bits per heavy atom. The molecule has 0 aliphatic rings. The Labute approximate surface area is 206 Å². The van der Waals surface area contributed by atoms with E-state index in [0.717, 1.165) is 25.7 Å². The molecular weight excluding hydrogens is 543 g/mol. The zero-order valence-electron chi connectivity index (χ0n) is 20.4. The molecule has 2 nitrogen and oxygen atoms in total. The fourth-order valence-corrected chi connectivity index (χ4v) is 3.39. The van der Waals surface area contributed by atoms with Gasteiger partial charge in [-0.3, -0.25) is 0 Å². The molecule has 0 bridgehead atoms. The molecule has 15 heteroatoms. The molecule has 0 aromatic rings. The van der Waals surface area contributed by atoms with Crippen LogP contribution in [0.2, 0.25) is 0 Å². The lowest BCUT2D eigenvalue weighted by molar-refractivity contribution is -0.440. The van der Waals surface area contributed by atoms with E-state index in [0.29, 0.717) is 12.5 Å². The van der Waals surface area contributed by atoms with Crippen molar-refractivity contribution in [3.05, 3.63) is 0 Å². The molecule has 1 N–H and O–H groups in total. The molecule has 0 heterocycles. The van der Waals surface area contributed by atoms with Gasteiger partial charge in [-0.2, -0.15) is 57.1 Å². The van der Waals surface area contributed by atoms with E-state index in [1.807, 2.05) is 13.8 Å². The molecule has 0 aromatic heterocycles. The maximum atomic E-state index is 13.7. The van der Waals surface area contributed by atoms with Crippen molar-refractivity contribution in [1.82, 2.24) is 0 Å². The summed E-state index contributed by atoms with van der Waals surface area (Å²) < 4.78 is 175. The maximum absolute atomic E-state index is 13.7. The van der Waals surface area contributed by atoms with Gasteiger partial charge in [0.1, 0.15) is 0 Å². The van der Waals surface area contributed by atoms with Gasteiger partial charge in [0.05, 0.1) is 12.7 Å². The van der Waals surface area contributed by atoms with Gasteiger partial charge in [0, 0.05) is 13.0 Å². The lowest BCUT2D eigenvalue weighted by Gasteiger charge is -2.39. The topological polar surface area (TPSA) is 29.5 Å². The van der Waals surface area contributed by atoms with Crippen LogP contribution in [0.25, 0.3) is 0 Å². The molecule has 0 spiro atoms. The molecular formula is C22H33F13O2. The van der Waals surface area contributed by atoms with Crippen LogP contribution in [0.5, 0.6) is 0 Å². The first-order valence-corrected chi connectivity index (χ1v) is 11.9. The highest BCUT2D eigenvalue weighted by Gasteiger charge is 2.90. The van der Waals surface area contributed by atoms with Gasteiger partial charge in [-0.25, -0.2) is 0 Å². The van der Waals surface area contributed by atoms with Crippen LogP contribution in [0.1, 0.15) is 78.1 Å². The molecule has 0 fully saturated rings. The third kappa shape index (κ3) is 8.76. The highest BCUT2D eigenvalue weighted by molar-refractivity contribution is 5.10. The molecule has 2 unspecified atom stereocenters. The maximum Gasteiger partial charge on any atom is 0.460 e. The van der Waals surface area contributed by atoms with Crippen molar-refractivity contribution in [2.24, 2.45) is 5.92 Å². The van der Waals surface area contributed by atoms with Crippen LogP contribution in [0.15, 0.2) is 0 Å². The lowest BCUT2D eigenvalue weighted by Crippen LogP contribution is -2.70. The summed E-state index contributed by atoms with van der Waals surface area (Å²) >= 11 is 0.